The quantitative estimate of drug-likeness (QED) is 0.320. The number of carbonyl (C=O) groups is 2. The molecule has 1 heterocycles. The maximum Gasteiger partial charge on any atom is 0.344 e. The van der Waals surface area contributed by atoms with Crippen molar-refractivity contribution in [2.24, 2.45) is 0 Å². The molecule has 9 nitrogen and oxygen atoms in total. The fourth-order valence-electron chi connectivity index (χ4n) is 2.40. The Morgan fingerprint density at radius 2 is 2.00 bits per heavy atom. The van der Waals surface area contributed by atoms with Crippen molar-refractivity contribution in [2.75, 3.05) is 0 Å². The van der Waals surface area contributed by atoms with Gasteiger partial charge in [0.15, 0.2) is 5.11 Å². The lowest BCUT2D eigenvalue weighted by Gasteiger charge is -2.22. The molecule has 0 unspecified atom stereocenters. The van der Waals surface area contributed by atoms with Crippen molar-refractivity contribution in [2.45, 2.75) is 31.3 Å². The number of nitrogens with one attached hydrogen (secondary N) is 3. The topological polar surface area (TPSA) is 117 Å². The van der Waals surface area contributed by atoms with Crippen molar-refractivity contribution < 1.29 is 14.5 Å². The number of nitrogens with zero attached hydrogens (tertiary/aromatic N) is 2. The van der Waals surface area contributed by atoms with Crippen molar-refractivity contribution in [3.8, 4) is 0 Å². The molecule has 2 aliphatic rings. The van der Waals surface area contributed by atoms with Gasteiger partial charge >= 0.3 is 6.03 Å². The lowest BCUT2D eigenvalue weighted by atomic mass is 9.92. The fourth-order valence-corrected chi connectivity index (χ4v) is 2.66. The van der Waals surface area contributed by atoms with E-state index in [-0.39, 0.29) is 16.8 Å². The number of urea groups is 1. The minimum Gasteiger partial charge on any atom is -0.359 e. The van der Waals surface area contributed by atoms with Gasteiger partial charge < -0.3 is 10.6 Å². The van der Waals surface area contributed by atoms with E-state index < -0.39 is 22.4 Å². The van der Waals surface area contributed by atoms with Gasteiger partial charge in [-0.05, 0) is 49.7 Å². The van der Waals surface area contributed by atoms with Crippen LogP contribution in [0.1, 0.15) is 25.3 Å². The first-order valence-electron chi connectivity index (χ1n) is 7.30. The third kappa shape index (κ3) is 2.87. The summed E-state index contributed by atoms with van der Waals surface area (Å²) in [5, 5.41) is 17.3. The van der Waals surface area contributed by atoms with Crippen LogP contribution in [0.4, 0.5) is 10.5 Å². The van der Waals surface area contributed by atoms with Crippen molar-refractivity contribution in [3.05, 3.63) is 39.9 Å². The first kappa shape index (κ1) is 16.1. The van der Waals surface area contributed by atoms with Crippen molar-refractivity contribution >= 4 is 35.0 Å². The van der Waals surface area contributed by atoms with Gasteiger partial charge in [0.1, 0.15) is 5.54 Å². The predicted molar refractivity (Wildman–Crippen MR) is 87.7 cm³/mol. The summed E-state index contributed by atoms with van der Waals surface area (Å²) in [4.78, 5) is 35.0. The molecule has 0 aromatic heterocycles. The number of rotatable bonds is 4. The zero-order valence-corrected chi connectivity index (χ0v) is 13.6. The summed E-state index contributed by atoms with van der Waals surface area (Å²) < 4.78 is 0. The smallest absolute Gasteiger partial charge is 0.344 e. The minimum atomic E-state index is -1.32. The normalized spacial score (nSPS) is 23.0. The first-order chi connectivity index (χ1) is 11.3. The molecule has 1 aliphatic carbocycles. The molecule has 0 spiro atoms. The van der Waals surface area contributed by atoms with Crippen LogP contribution in [0.3, 0.4) is 0 Å². The summed E-state index contributed by atoms with van der Waals surface area (Å²) in [5.41, 5.74) is 1.61. The Hall–Kier alpha value is -2.75. The highest BCUT2D eigenvalue weighted by atomic mass is 32.1. The summed E-state index contributed by atoms with van der Waals surface area (Å²) >= 11 is 5.08. The Balaban J connectivity index is 1.77. The number of amides is 3. The van der Waals surface area contributed by atoms with Crippen LogP contribution in [0, 0.1) is 10.1 Å². The summed E-state index contributed by atoms with van der Waals surface area (Å²) in [5.74, 6) is -0.540. The second-order valence-corrected chi connectivity index (χ2v) is 6.27. The molecular formula is C14H15N5O4S. The Kier molecular flexibility index (Phi) is 3.84. The average molecular weight is 349 g/mol. The molecular weight excluding hydrogens is 334 g/mol. The van der Waals surface area contributed by atoms with Crippen LogP contribution >= 0.6 is 12.2 Å². The number of thiocarbonyl (C=S) groups is 1. The first-order valence-corrected chi connectivity index (χ1v) is 7.71. The number of carbonyl (C=O) groups excluding carboxylic acids is 2. The molecule has 1 aromatic carbocycles. The number of hydrogen-bond donors (Lipinski definition) is 3. The van der Waals surface area contributed by atoms with Crippen molar-refractivity contribution in [1.82, 2.24) is 21.1 Å². The molecule has 3 amide bonds. The van der Waals surface area contributed by atoms with Crippen LogP contribution in [0.2, 0.25) is 0 Å². The second kappa shape index (κ2) is 5.71. The molecule has 10 heteroatoms. The monoisotopic (exact) mass is 349 g/mol. The van der Waals surface area contributed by atoms with Crippen LogP contribution < -0.4 is 16.1 Å². The molecule has 1 aliphatic heterocycles. The van der Waals surface area contributed by atoms with Gasteiger partial charge in [-0.25, -0.2) is 4.79 Å². The molecule has 2 fully saturated rings. The van der Waals surface area contributed by atoms with Crippen LogP contribution in [0.25, 0.3) is 0 Å². The Morgan fingerprint density at radius 1 is 1.38 bits per heavy atom. The van der Waals surface area contributed by atoms with Crippen LogP contribution in [0.15, 0.2) is 24.3 Å². The highest BCUT2D eigenvalue weighted by molar-refractivity contribution is 7.80. The molecule has 3 N–H and O–H groups in total. The van der Waals surface area contributed by atoms with E-state index in [0.29, 0.717) is 5.56 Å². The van der Waals surface area contributed by atoms with Gasteiger partial charge in [-0.3, -0.25) is 20.3 Å². The van der Waals surface area contributed by atoms with E-state index in [1.54, 1.807) is 0 Å². The molecule has 1 saturated carbocycles. The Bertz CT molecular complexity index is 733. The summed E-state index contributed by atoms with van der Waals surface area (Å²) in [6.07, 6.45) is 2.00. The molecule has 0 radical (unpaired) electrons. The van der Waals surface area contributed by atoms with Crippen molar-refractivity contribution in [1.29, 1.82) is 0 Å². The number of benzene rings is 1. The molecule has 126 valence electrons. The summed E-state index contributed by atoms with van der Waals surface area (Å²) in [6, 6.07) is 5.11. The number of hydrazine groups is 1. The van der Waals surface area contributed by atoms with Gasteiger partial charge in [0.25, 0.3) is 11.6 Å². The maximum atomic E-state index is 12.7. The van der Waals surface area contributed by atoms with E-state index in [0.717, 1.165) is 17.9 Å². The van der Waals surface area contributed by atoms with Gasteiger partial charge in [0, 0.05) is 18.2 Å². The summed E-state index contributed by atoms with van der Waals surface area (Å²) in [7, 11) is 0. The Morgan fingerprint density at radius 3 is 2.54 bits per heavy atom. The Labute approximate surface area is 142 Å². The van der Waals surface area contributed by atoms with Crippen LogP contribution in [0.5, 0.6) is 0 Å². The molecule has 1 saturated heterocycles. The standard InChI is InChI=1S/C14H15N5O4S/c1-14(8-2-6-10(7-3-8)19(22)23)11(20)18(13(21)16-14)17-12(24)15-9-4-5-9/h2-3,6-7,9H,4-5H2,1H3,(H,16,21)(H2,15,17,24)/t14-/m0/s1. The van der Waals surface area contributed by atoms with Gasteiger partial charge in [-0.2, -0.15) is 5.01 Å². The van der Waals surface area contributed by atoms with E-state index in [9.17, 15) is 19.7 Å². The predicted octanol–water partition coefficient (Wildman–Crippen LogP) is 0.903. The third-order valence-corrected chi connectivity index (χ3v) is 4.18. The second-order valence-electron chi connectivity index (χ2n) is 5.86. The van der Waals surface area contributed by atoms with E-state index in [2.05, 4.69) is 16.1 Å². The van der Waals surface area contributed by atoms with Gasteiger partial charge in [0.2, 0.25) is 0 Å². The molecule has 0 bridgehead atoms. The van der Waals surface area contributed by atoms with Gasteiger partial charge in [-0.1, -0.05) is 0 Å². The molecule has 1 aromatic rings. The molecule has 24 heavy (non-hydrogen) atoms. The number of nitro groups is 1. The summed E-state index contributed by atoms with van der Waals surface area (Å²) in [6.45, 7) is 1.54. The van der Waals surface area contributed by atoms with E-state index in [1.807, 2.05) is 0 Å². The van der Waals surface area contributed by atoms with Gasteiger partial charge in [-0.15, -0.1) is 0 Å². The van der Waals surface area contributed by atoms with E-state index in [1.165, 1.54) is 31.2 Å². The van der Waals surface area contributed by atoms with E-state index >= 15 is 0 Å². The lowest BCUT2D eigenvalue weighted by molar-refractivity contribution is -0.384. The fraction of sp³-hybridized carbons (Fsp3) is 0.357. The van der Waals surface area contributed by atoms with Crippen LogP contribution in [-0.2, 0) is 10.3 Å². The number of imide groups is 1. The lowest BCUT2D eigenvalue weighted by Crippen LogP contribution is -2.51. The largest absolute Gasteiger partial charge is 0.359 e. The number of hydrogen-bond acceptors (Lipinski definition) is 5. The highest BCUT2D eigenvalue weighted by Gasteiger charge is 2.50. The van der Waals surface area contributed by atoms with E-state index in [4.69, 9.17) is 12.2 Å². The number of nitro benzene ring substituents is 1. The number of non-ortho nitro benzene ring substituents is 1. The van der Waals surface area contributed by atoms with Crippen molar-refractivity contribution in [3.63, 3.8) is 0 Å². The van der Waals surface area contributed by atoms with Crippen LogP contribution in [-0.4, -0.2) is 33.0 Å². The third-order valence-electron chi connectivity index (χ3n) is 3.97. The maximum absolute atomic E-state index is 12.7. The average Bonchev–Trinajstić information content (AvgIpc) is 3.32. The minimum absolute atomic E-state index is 0.0936. The highest BCUT2D eigenvalue weighted by Crippen LogP contribution is 2.29. The van der Waals surface area contributed by atoms with Gasteiger partial charge in [0.05, 0.1) is 4.92 Å². The SMILES string of the molecule is C[C@@]1(c2ccc([N+](=O)[O-])cc2)NC(=O)N(NC(=S)NC2CC2)C1=O. The zero-order valence-electron chi connectivity index (χ0n) is 12.7. The zero-order chi connectivity index (χ0) is 17.5. The molecule has 3 rings (SSSR count). The molecule has 1 atom stereocenters.